The summed E-state index contributed by atoms with van der Waals surface area (Å²) in [5, 5.41) is 0. The fourth-order valence-electron chi connectivity index (χ4n) is 2.54. The molecule has 1 aromatic heterocycles. The van der Waals surface area contributed by atoms with Gasteiger partial charge in [-0.2, -0.15) is 4.99 Å². The first-order chi connectivity index (χ1) is 13.1. The van der Waals surface area contributed by atoms with Gasteiger partial charge in [-0.15, -0.1) is 0 Å². The van der Waals surface area contributed by atoms with Crippen LogP contribution in [-0.4, -0.2) is 43.4 Å². The molecule has 0 N–H and O–H groups in total. The Bertz CT molecular complexity index is 943. The molecule has 0 radical (unpaired) electrons. The number of thiazole rings is 1. The van der Waals surface area contributed by atoms with Crippen LogP contribution in [0.25, 0.3) is 10.2 Å². The zero-order valence-electron chi connectivity index (χ0n) is 15.1. The molecule has 8 nitrogen and oxygen atoms in total. The van der Waals surface area contributed by atoms with Gasteiger partial charge in [0.1, 0.15) is 25.2 Å². The van der Waals surface area contributed by atoms with Crippen LogP contribution < -0.4 is 9.54 Å². The molecule has 3 rings (SSSR count). The second kappa shape index (κ2) is 8.72. The first-order valence-corrected chi connectivity index (χ1v) is 9.30. The third kappa shape index (κ3) is 4.48. The lowest BCUT2D eigenvalue weighted by atomic mass is 10.3. The molecule has 1 aromatic carbocycles. The molecular weight excluding hydrogens is 372 g/mol. The molecule has 1 aliphatic rings. The summed E-state index contributed by atoms with van der Waals surface area (Å²) in [7, 11) is 1.58. The summed E-state index contributed by atoms with van der Waals surface area (Å²) in [6, 6.07) is 5.57. The number of hydrogen-bond donors (Lipinski definition) is 0. The smallest absolute Gasteiger partial charge is 0.317 e. The van der Waals surface area contributed by atoms with Crippen molar-refractivity contribution >= 4 is 33.4 Å². The summed E-state index contributed by atoms with van der Waals surface area (Å²) in [4.78, 5) is 28.8. The van der Waals surface area contributed by atoms with Gasteiger partial charge in [0.05, 0.1) is 30.4 Å². The fraction of sp³-hybridized carbons (Fsp3) is 0.389. The van der Waals surface area contributed by atoms with E-state index < -0.39 is 5.91 Å². The summed E-state index contributed by atoms with van der Waals surface area (Å²) in [6.07, 6.45) is 1.44. The second-order valence-corrected chi connectivity index (χ2v) is 6.55. The zero-order chi connectivity index (χ0) is 19.2. The number of carbonyl (C=O) groups is 2. The van der Waals surface area contributed by atoms with E-state index in [0.29, 0.717) is 36.9 Å². The molecule has 144 valence electrons. The molecule has 2 aromatic rings. The van der Waals surface area contributed by atoms with Crippen LogP contribution >= 0.6 is 11.3 Å². The number of fused-ring (bicyclic) bond motifs is 1. The van der Waals surface area contributed by atoms with Gasteiger partial charge in [0.15, 0.2) is 4.80 Å². The number of aromatic nitrogens is 1. The maximum Gasteiger partial charge on any atom is 0.317 e. The van der Waals surface area contributed by atoms with Gasteiger partial charge < -0.3 is 23.5 Å². The topological polar surface area (TPSA) is 88.4 Å². The van der Waals surface area contributed by atoms with E-state index in [4.69, 9.17) is 18.9 Å². The van der Waals surface area contributed by atoms with Crippen LogP contribution in [0.4, 0.5) is 0 Å². The van der Waals surface area contributed by atoms with E-state index in [1.807, 2.05) is 22.8 Å². The first-order valence-electron chi connectivity index (χ1n) is 8.49. The number of aryl methyl sites for hydroxylation is 1. The number of esters is 1. The van der Waals surface area contributed by atoms with Crippen LogP contribution in [0.5, 0.6) is 5.75 Å². The van der Waals surface area contributed by atoms with Crippen molar-refractivity contribution in [3.05, 3.63) is 35.0 Å². The van der Waals surface area contributed by atoms with Gasteiger partial charge in [-0.3, -0.25) is 9.59 Å². The molecule has 0 unspecified atom stereocenters. The zero-order valence-corrected chi connectivity index (χ0v) is 15.9. The Morgan fingerprint density at radius 2 is 2.19 bits per heavy atom. The number of carbonyl (C=O) groups excluding carboxylic acids is 2. The first kappa shape index (κ1) is 19.0. The largest absolute Gasteiger partial charge is 0.497 e. The molecule has 0 fully saturated rings. The van der Waals surface area contributed by atoms with Crippen LogP contribution in [0.2, 0.25) is 0 Å². The summed E-state index contributed by atoms with van der Waals surface area (Å²) >= 11 is 1.34. The number of hydrogen-bond acceptors (Lipinski definition) is 7. The van der Waals surface area contributed by atoms with Crippen molar-refractivity contribution in [1.82, 2.24) is 4.57 Å². The minimum Gasteiger partial charge on any atom is -0.497 e. The Kier molecular flexibility index (Phi) is 6.12. The molecule has 27 heavy (non-hydrogen) atoms. The van der Waals surface area contributed by atoms with Crippen LogP contribution in [0, 0.1) is 0 Å². The molecule has 0 aliphatic carbocycles. The standard InChI is InChI=1S/C18H20N2O6S/c1-3-25-16(21)6-7-20-13-10-12(23-2)4-5-15(13)27-18(20)19-17(22)14-11-24-8-9-26-14/h4-5,10-11H,3,6-9H2,1-2H3. The Morgan fingerprint density at radius 3 is 2.89 bits per heavy atom. The predicted octanol–water partition coefficient (Wildman–Crippen LogP) is 1.98. The van der Waals surface area contributed by atoms with E-state index in [-0.39, 0.29) is 18.1 Å². The monoisotopic (exact) mass is 392 g/mol. The Hall–Kier alpha value is -2.81. The molecule has 0 saturated heterocycles. The highest BCUT2D eigenvalue weighted by atomic mass is 32.1. The van der Waals surface area contributed by atoms with Crippen molar-refractivity contribution in [1.29, 1.82) is 0 Å². The minimum absolute atomic E-state index is 0.0632. The molecule has 1 aliphatic heterocycles. The highest BCUT2D eigenvalue weighted by molar-refractivity contribution is 7.16. The molecule has 0 spiro atoms. The van der Waals surface area contributed by atoms with Crippen LogP contribution in [0.15, 0.2) is 35.2 Å². The van der Waals surface area contributed by atoms with Crippen molar-refractivity contribution in [2.75, 3.05) is 26.9 Å². The Labute approximate surface area is 159 Å². The minimum atomic E-state index is -0.530. The summed E-state index contributed by atoms with van der Waals surface area (Å²) in [5.41, 5.74) is 0.824. The number of ether oxygens (including phenoxy) is 4. The van der Waals surface area contributed by atoms with Gasteiger partial charge in [-0.1, -0.05) is 11.3 Å². The van der Waals surface area contributed by atoms with Gasteiger partial charge >= 0.3 is 11.9 Å². The van der Waals surface area contributed by atoms with Crippen LogP contribution in [0.3, 0.4) is 0 Å². The quantitative estimate of drug-likeness (QED) is 0.699. The van der Waals surface area contributed by atoms with Crippen molar-refractivity contribution in [2.45, 2.75) is 19.9 Å². The highest BCUT2D eigenvalue weighted by Gasteiger charge is 2.16. The number of rotatable bonds is 6. The molecular formula is C18H20N2O6S. The average molecular weight is 392 g/mol. The van der Waals surface area contributed by atoms with Gasteiger partial charge in [0, 0.05) is 12.6 Å². The molecule has 9 heteroatoms. The van der Waals surface area contributed by atoms with Crippen molar-refractivity contribution in [3.8, 4) is 5.75 Å². The van der Waals surface area contributed by atoms with E-state index in [0.717, 1.165) is 10.2 Å². The third-order valence-corrected chi connectivity index (χ3v) is 4.85. The van der Waals surface area contributed by atoms with Crippen molar-refractivity contribution < 1.29 is 28.5 Å². The van der Waals surface area contributed by atoms with E-state index in [9.17, 15) is 9.59 Å². The summed E-state index contributed by atoms with van der Waals surface area (Å²) < 4.78 is 23.4. The number of benzene rings is 1. The lowest BCUT2D eigenvalue weighted by molar-refractivity contribution is -0.143. The SMILES string of the molecule is CCOC(=O)CCn1c(=NC(=O)C2=COCCO2)sc2ccc(OC)cc21. The molecule has 0 atom stereocenters. The van der Waals surface area contributed by atoms with Gasteiger partial charge in [0.2, 0.25) is 5.76 Å². The number of amides is 1. The van der Waals surface area contributed by atoms with E-state index in [1.54, 1.807) is 14.0 Å². The van der Waals surface area contributed by atoms with Gasteiger partial charge in [0.25, 0.3) is 0 Å². The summed E-state index contributed by atoms with van der Waals surface area (Å²) in [5.74, 6) is -0.0997. The summed E-state index contributed by atoms with van der Waals surface area (Å²) in [6.45, 7) is 3.12. The fourth-order valence-corrected chi connectivity index (χ4v) is 3.57. The van der Waals surface area contributed by atoms with Crippen molar-refractivity contribution in [2.24, 2.45) is 4.99 Å². The number of methoxy groups -OCH3 is 1. The maximum atomic E-state index is 12.4. The highest BCUT2D eigenvalue weighted by Crippen LogP contribution is 2.23. The lowest BCUT2D eigenvalue weighted by Crippen LogP contribution is -2.21. The van der Waals surface area contributed by atoms with E-state index in [1.165, 1.54) is 17.6 Å². The Morgan fingerprint density at radius 1 is 1.33 bits per heavy atom. The van der Waals surface area contributed by atoms with Gasteiger partial charge in [-0.05, 0) is 19.1 Å². The third-order valence-electron chi connectivity index (χ3n) is 3.79. The predicted molar refractivity (Wildman–Crippen MR) is 98.2 cm³/mol. The molecule has 1 amide bonds. The molecule has 0 bridgehead atoms. The second-order valence-electron chi connectivity index (χ2n) is 5.54. The Balaban J connectivity index is 2.00. The average Bonchev–Trinajstić information content (AvgIpc) is 3.03. The van der Waals surface area contributed by atoms with Gasteiger partial charge in [-0.25, -0.2) is 0 Å². The van der Waals surface area contributed by atoms with Crippen LogP contribution in [-0.2, 0) is 30.3 Å². The van der Waals surface area contributed by atoms with E-state index >= 15 is 0 Å². The normalized spacial score (nSPS) is 14.3. The lowest BCUT2D eigenvalue weighted by Gasteiger charge is -2.12. The van der Waals surface area contributed by atoms with Crippen molar-refractivity contribution in [3.63, 3.8) is 0 Å². The molecule has 2 heterocycles. The maximum absolute atomic E-state index is 12.4. The molecule has 0 saturated carbocycles. The van der Waals surface area contributed by atoms with E-state index in [2.05, 4.69) is 4.99 Å². The van der Waals surface area contributed by atoms with Crippen LogP contribution in [0.1, 0.15) is 13.3 Å². The number of nitrogens with zero attached hydrogens (tertiary/aromatic N) is 2.